The van der Waals surface area contributed by atoms with Crippen molar-refractivity contribution < 1.29 is 14.3 Å². The summed E-state index contributed by atoms with van der Waals surface area (Å²) in [6.45, 7) is 4.96. The topological polar surface area (TPSA) is 96.5 Å². The van der Waals surface area contributed by atoms with Crippen LogP contribution in [0.2, 0.25) is 0 Å². The number of amides is 2. The lowest BCUT2D eigenvalue weighted by molar-refractivity contribution is 0.0946. The average molecular weight is 418 g/mol. The van der Waals surface area contributed by atoms with Crippen LogP contribution in [0.15, 0.2) is 24.3 Å². The van der Waals surface area contributed by atoms with Gasteiger partial charge in [0.1, 0.15) is 5.75 Å². The molecule has 1 aromatic carbocycles. The molecule has 1 saturated heterocycles. The van der Waals surface area contributed by atoms with Crippen LogP contribution in [0.4, 0.5) is 5.69 Å². The van der Waals surface area contributed by atoms with Crippen LogP contribution >= 0.6 is 11.3 Å². The summed E-state index contributed by atoms with van der Waals surface area (Å²) < 4.78 is 5.09. The van der Waals surface area contributed by atoms with E-state index in [1.165, 1.54) is 19.3 Å². The first kappa shape index (κ1) is 21.2. The number of carbonyl (C=O) groups excluding carboxylic acids is 2. The van der Waals surface area contributed by atoms with Gasteiger partial charge in [0, 0.05) is 24.8 Å². The number of benzene rings is 1. The number of hydrogen-bond acceptors (Lipinski definition) is 7. The van der Waals surface area contributed by atoms with Crippen molar-refractivity contribution in [2.24, 2.45) is 0 Å². The van der Waals surface area contributed by atoms with E-state index in [1.54, 1.807) is 31.4 Å². The van der Waals surface area contributed by atoms with Gasteiger partial charge in [-0.2, -0.15) is 0 Å². The molecule has 2 heterocycles. The summed E-state index contributed by atoms with van der Waals surface area (Å²) in [6, 6.07) is 7.58. The largest absolute Gasteiger partial charge is 0.497 e. The van der Waals surface area contributed by atoms with E-state index in [1.807, 2.05) is 0 Å². The molecule has 9 heteroatoms. The summed E-state index contributed by atoms with van der Waals surface area (Å²) in [5.74, 6) is 0.0103. The number of nitrogens with zero attached hydrogens (tertiary/aromatic N) is 3. The number of aromatic nitrogens is 2. The number of anilines is 1. The SMILES string of the molecule is COc1ccc(NC(=O)c2nnc(C(=O)NCCCN3CCCC[C@H]3C)s2)cc1. The Labute approximate surface area is 174 Å². The normalized spacial score (nSPS) is 17.0. The van der Waals surface area contributed by atoms with Crippen LogP contribution in [0.25, 0.3) is 0 Å². The van der Waals surface area contributed by atoms with Gasteiger partial charge in [-0.15, -0.1) is 10.2 Å². The molecule has 2 amide bonds. The molecule has 0 radical (unpaired) electrons. The number of ether oxygens (including phenoxy) is 1. The highest BCUT2D eigenvalue weighted by Gasteiger charge is 2.19. The molecule has 0 bridgehead atoms. The zero-order valence-corrected chi connectivity index (χ0v) is 17.6. The molecule has 0 saturated carbocycles. The average Bonchev–Trinajstić information content (AvgIpc) is 3.23. The molecule has 1 fully saturated rings. The Balaban J connectivity index is 1.44. The molecule has 8 nitrogen and oxygen atoms in total. The van der Waals surface area contributed by atoms with Crippen molar-refractivity contribution >= 4 is 28.8 Å². The zero-order chi connectivity index (χ0) is 20.6. The summed E-state index contributed by atoms with van der Waals surface area (Å²) >= 11 is 0.981. The van der Waals surface area contributed by atoms with Gasteiger partial charge in [-0.05, 0) is 57.0 Å². The predicted octanol–water partition coefficient (Wildman–Crippen LogP) is 2.79. The number of likely N-dealkylation sites (tertiary alicyclic amines) is 1. The second-order valence-corrected chi connectivity index (χ2v) is 8.06. The highest BCUT2D eigenvalue weighted by Crippen LogP contribution is 2.18. The van der Waals surface area contributed by atoms with Crippen molar-refractivity contribution in [2.45, 2.75) is 38.6 Å². The van der Waals surface area contributed by atoms with E-state index in [-0.39, 0.29) is 15.9 Å². The first-order chi connectivity index (χ1) is 14.1. The van der Waals surface area contributed by atoms with Crippen LogP contribution in [-0.2, 0) is 0 Å². The number of piperidine rings is 1. The van der Waals surface area contributed by atoms with Crippen LogP contribution in [0.5, 0.6) is 5.75 Å². The number of hydrogen-bond donors (Lipinski definition) is 2. The van der Waals surface area contributed by atoms with Crippen molar-refractivity contribution in [3.63, 3.8) is 0 Å². The molecule has 3 rings (SSSR count). The van der Waals surface area contributed by atoms with Crippen LogP contribution in [-0.4, -0.2) is 59.7 Å². The van der Waals surface area contributed by atoms with Gasteiger partial charge in [0.05, 0.1) is 7.11 Å². The molecule has 29 heavy (non-hydrogen) atoms. The van der Waals surface area contributed by atoms with Gasteiger partial charge in [-0.25, -0.2) is 0 Å². The van der Waals surface area contributed by atoms with Crippen LogP contribution < -0.4 is 15.4 Å². The number of carbonyl (C=O) groups is 2. The van der Waals surface area contributed by atoms with Crippen LogP contribution in [0.1, 0.15) is 52.2 Å². The van der Waals surface area contributed by atoms with Gasteiger partial charge in [0.2, 0.25) is 10.0 Å². The predicted molar refractivity (Wildman–Crippen MR) is 113 cm³/mol. The van der Waals surface area contributed by atoms with Crippen molar-refractivity contribution in [3.05, 3.63) is 34.3 Å². The Morgan fingerprint density at radius 2 is 1.90 bits per heavy atom. The first-order valence-corrected chi connectivity index (χ1v) is 10.7. The second kappa shape index (κ2) is 10.3. The maximum atomic E-state index is 12.3. The monoisotopic (exact) mass is 417 g/mol. The number of nitrogens with one attached hydrogen (secondary N) is 2. The fraction of sp³-hybridized carbons (Fsp3) is 0.500. The zero-order valence-electron chi connectivity index (χ0n) is 16.8. The Morgan fingerprint density at radius 1 is 1.17 bits per heavy atom. The lowest BCUT2D eigenvalue weighted by atomic mass is 10.0. The minimum atomic E-state index is -0.397. The number of rotatable bonds is 8. The van der Waals surface area contributed by atoms with E-state index in [0.29, 0.717) is 24.0 Å². The number of methoxy groups -OCH3 is 1. The van der Waals surface area contributed by atoms with Gasteiger partial charge in [-0.1, -0.05) is 17.8 Å². The fourth-order valence-electron chi connectivity index (χ4n) is 3.32. The third kappa shape index (κ3) is 5.98. The van der Waals surface area contributed by atoms with Crippen molar-refractivity contribution in [1.29, 1.82) is 0 Å². The van der Waals surface area contributed by atoms with E-state index in [2.05, 4.69) is 32.7 Å². The van der Waals surface area contributed by atoms with E-state index in [4.69, 9.17) is 4.74 Å². The maximum Gasteiger partial charge on any atom is 0.286 e. The van der Waals surface area contributed by atoms with E-state index in [9.17, 15) is 9.59 Å². The summed E-state index contributed by atoms with van der Waals surface area (Å²) in [5.41, 5.74) is 0.615. The van der Waals surface area contributed by atoms with E-state index >= 15 is 0 Å². The fourth-order valence-corrected chi connectivity index (χ4v) is 3.97. The molecule has 0 spiro atoms. The molecule has 1 aliphatic heterocycles. The Morgan fingerprint density at radius 3 is 2.59 bits per heavy atom. The molecule has 0 unspecified atom stereocenters. The summed E-state index contributed by atoms with van der Waals surface area (Å²) in [7, 11) is 1.58. The first-order valence-electron chi connectivity index (χ1n) is 9.88. The third-order valence-corrected chi connectivity index (χ3v) is 5.93. The lowest BCUT2D eigenvalue weighted by Gasteiger charge is -2.33. The summed E-state index contributed by atoms with van der Waals surface area (Å²) in [4.78, 5) is 27.0. The van der Waals surface area contributed by atoms with Gasteiger partial charge in [0.25, 0.3) is 11.8 Å². The molecule has 1 aromatic heterocycles. The lowest BCUT2D eigenvalue weighted by Crippen LogP contribution is -2.39. The Kier molecular flexibility index (Phi) is 7.54. The Hall–Kier alpha value is -2.52. The highest BCUT2D eigenvalue weighted by molar-refractivity contribution is 7.15. The van der Waals surface area contributed by atoms with E-state index in [0.717, 1.165) is 30.8 Å². The molecule has 1 atom stereocenters. The minimum absolute atomic E-state index is 0.146. The molecule has 0 aliphatic carbocycles. The van der Waals surface area contributed by atoms with Gasteiger partial charge < -0.3 is 20.3 Å². The Bertz CT molecular complexity index is 824. The summed E-state index contributed by atoms with van der Waals surface area (Å²) in [6.07, 6.45) is 4.70. The molecule has 2 aromatic rings. The summed E-state index contributed by atoms with van der Waals surface area (Å²) in [5, 5.41) is 13.6. The smallest absolute Gasteiger partial charge is 0.286 e. The van der Waals surface area contributed by atoms with Gasteiger partial charge >= 0.3 is 0 Å². The van der Waals surface area contributed by atoms with Gasteiger partial charge in [0.15, 0.2) is 0 Å². The standard InChI is InChI=1S/C20H27N5O3S/c1-14-6-3-4-12-25(14)13-5-11-21-17(26)19-23-24-20(29-19)18(27)22-15-7-9-16(28-2)10-8-15/h7-10,14H,3-6,11-13H2,1-2H3,(H,21,26)(H,22,27)/t14-/m1/s1. The van der Waals surface area contributed by atoms with Crippen molar-refractivity contribution in [3.8, 4) is 5.75 Å². The molecular weight excluding hydrogens is 390 g/mol. The maximum absolute atomic E-state index is 12.3. The second-order valence-electron chi connectivity index (χ2n) is 7.09. The molecule has 156 valence electrons. The highest BCUT2D eigenvalue weighted by atomic mass is 32.1. The molecular formula is C20H27N5O3S. The van der Waals surface area contributed by atoms with Crippen LogP contribution in [0.3, 0.4) is 0 Å². The molecule has 1 aliphatic rings. The minimum Gasteiger partial charge on any atom is -0.497 e. The quantitative estimate of drug-likeness (QED) is 0.641. The van der Waals surface area contributed by atoms with Crippen molar-refractivity contribution in [2.75, 3.05) is 32.1 Å². The van der Waals surface area contributed by atoms with E-state index < -0.39 is 5.91 Å². The van der Waals surface area contributed by atoms with Crippen LogP contribution in [0, 0.1) is 0 Å². The third-order valence-electron chi connectivity index (χ3n) is 5.01. The van der Waals surface area contributed by atoms with Crippen molar-refractivity contribution in [1.82, 2.24) is 20.4 Å². The van der Waals surface area contributed by atoms with Gasteiger partial charge in [-0.3, -0.25) is 9.59 Å². The molecule has 2 N–H and O–H groups in total.